The SMILES string of the molecule is CCCC1CCCC(O)(c2ccc(Cl)c(Cl)c2)CC1. The lowest BCUT2D eigenvalue weighted by molar-refractivity contribution is 0.0195. The molecule has 0 heterocycles. The molecule has 0 spiro atoms. The van der Waals surface area contributed by atoms with E-state index in [9.17, 15) is 5.11 Å². The number of benzene rings is 1. The van der Waals surface area contributed by atoms with Gasteiger partial charge in [-0.05, 0) is 49.3 Å². The van der Waals surface area contributed by atoms with Crippen LogP contribution >= 0.6 is 23.2 Å². The molecule has 0 aliphatic heterocycles. The van der Waals surface area contributed by atoms with Crippen molar-refractivity contribution in [2.24, 2.45) is 5.92 Å². The molecule has 1 aromatic carbocycles. The van der Waals surface area contributed by atoms with Gasteiger partial charge in [-0.15, -0.1) is 0 Å². The highest BCUT2D eigenvalue weighted by Gasteiger charge is 2.32. The highest BCUT2D eigenvalue weighted by molar-refractivity contribution is 6.42. The van der Waals surface area contributed by atoms with Gasteiger partial charge < -0.3 is 5.11 Å². The lowest BCUT2D eigenvalue weighted by Crippen LogP contribution is -2.24. The highest BCUT2D eigenvalue weighted by Crippen LogP contribution is 2.40. The van der Waals surface area contributed by atoms with Crippen LogP contribution in [0.3, 0.4) is 0 Å². The van der Waals surface area contributed by atoms with Crippen molar-refractivity contribution in [1.82, 2.24) is 0 Å². The number of rotatable bonds is 3. The fraction of sp³-hybridized carbons (Fsp3) is 0.625. The van der Waals surface area contributed by atoms with Crippen molar-refractivity contribution in [2.45, 2.75) is 57.5 Å². The molecule has 106 valence electrons. The third-order valence-electron chi connectivity index (χ3n) is 4.32. The maximum absolute atomic E-state index is 10.9. The Hall–Kier alpha value is -0.240. The molecule has 1 aromatic rings. The smallest absolute Gasteiger partial charge is 0.0897 e. The minimum absolute atomic E-state index is 0.530. The molecule has 1 saturated carbocycles. The van der Waals surface area contributed by atoms with Crippen LogP contribution in [0, 0.1) is 5.92 Å². The van der Waals surface area contributed by atoms with Crippen LogP contribution in [0.15, 0.2) is 18.2 Å². The summed E-state index contributed by atoms with van der Waals surface area (Å²) in [6.45, 7) is 2.23. The van der Waals surface area contributed by atoms with Crippen LogP contribution in [0.5, 0.6) is 0 Å². The predicted molar refractivity (Wildman–Crippen MR) is 81.8 cm³/mol. The summed E-state index contributed by atoms with van der Waals surface area (Å²) in [5.74, 6) is 0.766. The van der Waals surface area contributed by atoms with Crippen molar-refractivity contribution < 1.29 is 5.11 Å². The van der Waals surface area contributed by atoms with Gasteiger partial charge in [0.25, 0.3) is 0 Å². The van der Waals surface area contributed by atoms with Gasteiger partial charge in [0.1, 0.15) is 0 Å². The minimum atomic E-state index is -0.725. The lowest BCUT2D eigenvalue weighted by atomic mass is 9.86. The Morgan fingerprint density at radius 1 is 1.21 bits per heavy atom. The summed E-state index contributed by atoms with van der Waals surface area (Å²) in [5, 5.41) is 12.0. The molecule has 0 bridgehead atoms. The van der Waals surface area contributed by atoms with E-state index >= 15 is 0 Å². The summed E-state index contributed by atoms with van der Waals surface area (Å²) in [5.41, 5.74) is 0.190. The predicted octanol–water partition coefficient (Wildman–Crippen LogP) is 5.56. The molecule has 1 fully saturated rings. The second-order valence-corrected chi connectivity index (χ2v) is 6.56. The lowest BCUT2D eigenvalue weighted by Gasteiger charge is -2.27. The second kappa shape index (κ2) is 6.47. The number of hydrogen-bond acceptors (Lipinski definition) is 1. The van der Waals surface area contributed by atoms with Crippen molar-refractivity contribution in [3.63, 3.8) is 0 Å². The normalized spacial score (nSPS) is 28.1. The Balaban J connectivity index is 2.15. The van der Waals surface area contributed by atoms with Crippen molar-refractivity contribution in [1.29, 1.82) is 0 Å². The highest BCUT2D eigenvalue weighted by atomic mass is 35.5. The quantitative estimate of drug-likeness (QED) is 0.724. The third kappa shape index (κ3) is 3.65. The number of halogens is 2. The van der Waals surface area contributed by atoms with Gasteiger partial charge in [0.15, 0.2) is 0 Å². The zero-order valence-corrected chi connectivity index (χ0v) is 13.0. The molecule has 0 aromatic heterocycles. The van der Waals surface area contributed by atoms with Crippen LogP contribution in [-0.2, 0) is 5.60 Å². The average molecular weight is 301 g/mol. The Morgan fingerprint density at radius 3 is 2.68 bits per heavy atom. The maximum atomic E-state index is 10.9. The molecule has 0 saturated heterocycles. The van der Waals surface area contributed by atoms with Gasteiger partial charge in [0.2, 0.25) is 0 Å². The van der Waals surface area contributed by atoms with E-state index in [0.717, 1.165) is 37.2 Å². The Bertz CT molecular complexity index is 433. The second-order valence-electron chi connectivity index (χ2n) is 5.75. The molecular weight excluding hydrogens is 279 g/mol. The Labute approximate surface area is 125 Å². The van der Waals surface area contributed by atoms with Crippen molar-refractivity contribution in [3.8, 4) is 0 Å². The molecule has 2 rings (SSSR count). The maximum Gasteiger partial charge on any atom is 0.0897 e. The van der Waals surface area contributed by atoms with E-state index in [1.807, 2.05) is 12.1 Å². The van der Waals surface area contributed by atoms with Gasteiger partial charge >= 0.3 is 0 Å². The first-order valence-electron chi connectivity index (χ1n) is 7.23. The molecule has 0 radical (unpaired) electrons. The zero-order valence-electron chi connectivity index (χ0n) is 11.5. The van der Waals surface area contributed by atoms with E-state index in [2.05, 4.69) is 6.92 Å². The first-order valence-corrected chi connectivity index (χ1v) is 7.98. The molecule has 1 aliphatic rings. The monoisotopic (exact) mass is 300 g/mol. The fourth-order valence-corrected chi connectivity index (χ4v) is 3.46. The summed E-state index contributed by atoms with van der Waals surface area (Å²) in [7, 11) is 0. The van der Waals surface area contributed by atoms with Crippen LogP contribution in [0.2, 0.25) is 10.0 Å². The van der Waals surface area contributed by atoms with E-state index in [-0.39, 0.29) is 0 Å². The minimum Gasteiger partial charge on any atom is -0.385 e. The summed E-state index contributed by atoms with van der Waals surface area (Å²) < 4.78 is 0. The number of hydrogen-bond donors (Lipinski definition) is 1. The van der Waals surface area contributed by atoms with Gasteiger partial charge in [0, 0.05) is 0 Å². The molecule has 0 amide bonds. The number of aliphatic hydroxyl groups is 1. The van der Waals surface area contributed by atoms with Gasteiger partial charge in [-0.1, -0.05) is 55.5 Å². The van der Waals surface area contributed by atoms with Gasteiger partial charge in [0.05, 0.1) is 15.6 Å². The Morgan fingerprint density at radius 2 is 2.00 bits per heavy atom. The van der Waals surface area contributed by atoms with E-state index in [1.165, 1.54) is 19.3 Å². The molecule has 2 unspecified atom stereocenters. The topological polar surface area (TPSA) is 20.2 Å². The van der Waals surface area contributed by atoms with Crippen molar-refractivity contribution >= 4 is 23.2 Å². The van der Waals surface area contributed by atoms with E-state index in [4.69, 9.17) is 23.2 Å². The summed E-state index contributed by atoms with van der Waals surface area (Å²) in [4.78, 5) is 0. The molecule has 3 heteroatoms. The van der Waals surface area contributed by atoms with Crippen LogP contribution in [0.25, 0.3) is 0 Å². The van der Waals surface area contributed by atoms with Gasteiger partial charge in [-0.2, -0.15) is 0 Å². The largest absolute Gasteiger partial charge is 0.385 e. The molecule has 1 N–H and O–H groups in total. The van der Waals surface area contributed by atoms with E-state index < -0.39 is 5.60 Å². The molecular formula is C16H22Cl2O. The van der Waals surface area contributed by atoms with Gasteiger partial charge in [-0.3, -0.25) is 0 Å². The van der Waals surface area contributed by atoms with Crippen molar-refractivity contribution in [3.05, 3.63) is 33.8 Å². The van der Waals surface area contributed by atoms with Crippen LogP contribution < -0.4 is 0 Å². The van der Waals surface area contributed by atoms with Crippen LogP contribution in [0.4, 0.5) is 0 Å². The summed E-state index contributed by atoms with van der Waals surface area (Å²) in [6, 6.07) is 5.52. The average Bonchev–Trinajstić information content (AvgIpc) is 2.57. The zero-order chi connectivity index (χ0) is 13.9. The standard InChI is InChI=1S/C16H22Cl2O/c1-2-4-12-5-3-9-16(19,10-8-12)13-6-7-14(17)15(18)11-13/h6-7,11-12,19H,2-5,8-10H2,1H3. The van der Waals surface area contributed by atoms with Gasteiger partial charge in [-0.25, -0.2) is 0 Å². The van der Waals surface area contributed by atoms with Crippen LogP contribution in [0.1, 0.15) is 57.4 Å². The molecule has 19 heavy (non-hydrogen) atoms. The third-order valence-corrected chi connectivity index (χ3v) is 5.06. The molecule has 1 nitrogen and oxygen atoms in total. The molecule has 2 atom stereocenters. The summed E-state index contributed by atoms with van der Waals surface area (Å²) >= 11 is 12.0. The Kier molecular flexibility index (Phi) is 5.16. The van der Waals surface area contributed by atoms with E-state index in [1.54, 1.807) is 6.07 Å². The first kappa shape index (κ1) is 15.2. The van der Waals surface area contributed by atoms with Crippen LogP contribution in [-0.4, -0.2) is 5.11 Å². The summed E-state index contributed by atoms with van der Waals surface area (Å²) in [6.07, 6.45) is 7.58. The first-order chi connectivity index (χ1) is 9.05. The van der Waals surface area contributed by atoms with E-state index in [0.29, 0.717) is 10.0 Å². The van der Waals surface area contributed by atoms with Crippen molar-refractivity contribution in [2.75, 3.05) is 0 Å². The fourth-order valence-electron chi connectivity index (χ4n) is 3.17. The molecule has 1 aliphatic carbocycles.